The van der Waals surface area contributed by atoms with Gasteiger partial charge in [-0.15, -0.1) is 0 Å². The first kappa shape index (κ1) is 60.7. The van der Waals surface area contributed by atoms with Crippen LogP contribution in [0.25, 0.3) is 112 Å². The Hall–Kier alpha value is -9.63. The van der Waals surface area contributed by atoms with Gasteiger partial charge in [0.25, 0.3) is 11.8 Å². The molecule has 2 amide bonds. The van der Waals surface area contributed by atoms with Crippen LogP contribution in [0, 0.1) is 11.6 Å². The van der Waals surface area contributed by atoms with Crippen molar-refractivity contribution in [1.82, 2.24) is 29.7 Å². The van der Waals surface area contributed by atoms with Gasteiger partial charge in [-0.05, 0) is 119 Å². The molecule has 6 aromatic carbocycles. The van der Waals surface area contributed by atoms with Crippen LogP contribution in [-0.2, 0) is 33.5 Å². The number of amides is 2. The van der Waals surface area contributed by atoms with Crippen molar-refractivity contribution in [2.24, 2.45) is 4.30 Å². The topological polar surface area (TPSA) is 226 Å². The van der Waals surface area contributed by atoms with Gasteiger partial charge in [-0.1, -0.05) is 36.4 Å². The molecule has 2 aliphatic heterocycles. The Bertz CT molecular complexity index is 5170. The molecule has 0 spiro atoms. The van der Waals surface area contributed by atoms with Crippen LogP contribution in [0.2, 0.25) is 0 Å². The molecule has 0 unspecified atom stereocenters. The van der Waals surface area contributed by atoms with E-state index in [1.54, 1.807) is 42.5 Å². The van der Waals surface area contributed by atoms with Gasteiger partial charge in [-0.25, -0.2) is 35.6 Å². The average Bonchev–Trinajstić information content (AvgIpc) is 1.54. The molecule has 19 nitrogen and oxygen atoms in total. The first-order valence-electron chi connectivity index (χ1n) is 27.4. The third-order valence-electron chi connectivity index (χ3n) is 15.6. The molecule has 453 valence electrons. The van der Waals surface area contributed by atoms with Gasteiger partial charge in [0.15, 0.2) is 13.5 Å². The van der Waals surface area contributed by atoms with Crippen LogP contribution < -0.4 is 28.7 Å². The molecule has 0 saturated heterocycles. The number of aromatic nitrogens is 4. The van der Waals surface area contributed by atoms with Gasteiger partial charge in [0.05, 0.1) is 73.3 Å². The van der Waals surface area contributed by atoms with Crippen LogP contribution in [0.4, 0.5) is 20.2 Å². The van der Waals surface area contributed by atoms with Crippen molar-refractivity contribution in [2.45, 2.75) is 13.5 Å². The molecule has 1 radical (unpaired) electrons. The first-order valence-corrected chi connectivity index (χ1v) is 32.2. The summed E-state index contributed by atoms with van der Waals surface area (Å²) in [4.78, 5) is 36.4. The molecule has 2 aliphatic rings. The number of carbonyl (C=O) groups excluding carboxylic acids is 2. The van der Waals surface area contributed by atoms with Crippen LogP contribution in [-0.4, -0.2) is 96.1 Å². The van der Waals surface area contributed by atoms with Crippen molar-refractivity contribution in [1.29, 1.82) is 0 Å². The molecule has 12 aromatic rings. The quantitative estimate of drug-likeness (QED) is 0.0859. The van der Waals surface area contributed by atoms with Gasteiger partial charge in [0.1, 0.15) is 57.2 Å². The Morgan fingerprint density at radius 3 is 1.54 bits per heavy atom. The SMILES string of the molecule is CNC(=O)c1c(-c2ccc(F)cc2)oc2cc(N(C)S(C)(=O)=O)c(-c3ccc4c(n3)-c3c(Br)c5ccccc5n3CO4)cc12.CNC(=O)c1c(-c2ccc(F)cc2)oc2cc(N(C)S(C)(=O)=O)c(-c3ccc4c(n3)-c3cc5ccccc5n3CO4)cc12.[B]=NS. The van der Waals surface area contributed by atoms with Crippen LogP contribution in [0.1, 0.15) is 20.7 Å². The molecule has 14 rings (SSSR count). The summed E-state index contributed by atoms with van der Waals surface area (Å²) in [5.74, 6) is -0.0486. The van der Waals surface area contributed by atoms with Crippen molar-refractivity contribution < 1.29 is 53.5 Å². The van der Waals surface area contributed by atoms with Gasteiger partial charge in [-0.2, -0.15) is 0 Å². The predicted molar refractivity (Wildman–Crippen MR) is 351 cm³/mol. The van der Waals surface area contributed by atoms with E-state index in [2.05, 4.69) is 57.4 Å². The molecule has 90 heavy (non-hydrogen) atoms. The van der Waals surface area contributed by atoms with Crippen LogP contribution in [0.5, 0.6) is 11.5 Å². The van der Waals surface area contributed by atoms with Crippen molar-refractivity contribution in [3.05, 3.63) is 179 Å². The Labute approximate surface area is 528 Å². The summed E-state index contributed by atoms with van der Waals surface area (Å²) in [6, 6.07) is 42.9. The van der Waals surface area contributed by atoms with E-state index in [4.69, 9.17) is 28.3 Å². The van der Waals surface area contributed by atoms with E-state index in [0.717, 1.165) is 58.8 Å². The Balaban J connectivity index is 0.000000167. The fourth-order valence-electron chi connectivity index (χ4n) is 11.1. The predicted octanol–water partition coefficient (Wildman–Crippen LogP) is 13.0. The zero-order valence-corrected chi connectivity index (χ0v) is 52.6. The second-order valence-electron chi connectivity index (χ2n) is 20.8. The molecule has 0 fully saturated rings. The van der Waals surface area contributed by atoms with Crippen molar-refractivity contribution in [3.63, 3.8) is 0 Å². The van der Waals surface area contributed by atoms with Crippen LogP contribution in [0.3, 0.4) is 0 Å². The van der Waals surface area contributed by atoms with E-state index < -0.39 is 43.5 Å². The number of hydrogen-bond acceptors (Lipinski definition) is 14. The Kier molecular flexibility index (Phi) is 16.0. The number of sulfonamides is 2. The number of furan rings is 2. The fraction of sp³-hybridized carbons (Fsp3) is 0.125. The number of para-hydroxylation sites is 2. The van der Waals surface area contributed by atoms with E-state index in [9.17, 15) is 35.2 Å². The molecular weight excluding hydrogens is 1280 g/mol. The molecule has 0 bridgehead atoms. The van der Waals surface area contributed by atoms with Crippen LogP contribution in [0.15, 0.2) is 169 Å². The molecule has 26 heteroatoms. The second kappa shape index (κ2) is 23.7. The van der Waals surface area contributed by atoms with E-state index in [1.807, 2.05) is 63.7 Å². The van der Waals surface area contributed by atoms with Crippen molar-refractivity contribution in [2.75, 3.05) is 49.3 Å². The number of ether oxygens (including phenoxy) is 2. The minimum absolute atomic E-state index is 0.227. The number of carbonyl (C=O) groups is 2. The number of benzene rings is 6. The van der Waals surface area contributed by atoms with Crippen molar-refractivity contribution >= 4 is 123 Å². The molecular formula is C64H50BBrF2N9O10S3. The number of fused-ring (bicyclic) bond motifs is 12. The summed E-state index contributed by atoms with van der Waals surface area (Å²) in [7, 11) is 2.81. The standard InChI is InChI=1S/C32H24BrFN4O5S.C32H25FN4O5S.BHNS/c1-35-32(39)27-21-14-20(24(37(2)44(3,40)41)15-26(21)43-31(27)17-8-10-18(34)11-9-17)22-12-13-25-29(36-22)30-28(33)19-6-4-5-7-23(19)38(30)16-42-25;1-34-32(38)29-22-15-21(23-12-13-27-30(35-23)26-14-19-6-4-5-7-24(19)37(26)17-41-27)25(36(2)43(3,39)40)16-28(22)42-31(29)18-8-10-20(33)11-9-18;1-2-3/h4-15H,16H2,1-3H3,(H,35,39);4-16H,17H2,1-3H3,(H,34,38);3H. The summed E-state index contributed by atoms with van der Waals surface area (Å²) >= 11 is 6.95. The van der Waals surface area contributed by atoms with Crippen LogP contribution >= 0.6 is 28.7 Å². The summed E-state index contributed by atoms with van der Waals surface area (Å²) < 4.78 is 113. The molecule has 0 atom stereocenters. The van der Waals surface area contributed by atoms with Crippen molar-refractivity contribution in [3.8, 4) is 79.4 Å². The fourth-order valence-corrected chi connectivity index (χ4v) is 12.8. The van der Waals surface area contributed by atoms with Gasteiger partial charge < -0.3 is 38.1 Å². The summed E-state index contributed by atoms with van der Waals surface area (Å²) in [6.45, 7) is 0.641. The molecule has 2 N–H and O–H groups in total. The zero-order chi connectivity index (χ0) is 63.7. The number of pyridine rings is 2. The first-order chi connectivity index (χ1) is 43.1. The minimum atomic E-state index is -3.72. The van der Waals surface area contributed by atoms with E-state index >= 15 is 0 Å². The Morgan fingerprint density at radius 2 is 1.06 bits per heavy atom. The number of rotatable bonds is 10. The van der Waals surface area contributed by atoms with Gasteiger partial charge in [-0.3, -0.25) is 18.2 Å². The maximum atomic E-state index is 13.7. The summed E-state index contributed by atoms with van der Waals surface area (Å²) in [6.07, 6.45) is 2.21. The van der Waals surface area contributed by atoms with Gasteiger partial charge in [0.2, 0.25) is 20.0 Å². The monoisotopic (exact) mass is 1330 g/mol. The molecule has 0 aliphatic carbocycles. The number of nitrogens with zero attached hydrogens (tertiary/aromatic N) is 7. The number of anilines is 2. The maximum absolute atomic E-state index is 13.7. The Morgan fingerprint density at radius 1 is 0.611 bits per heavy atom. The molecule has 8 heterocycles. The zero-order valence-electron chi connectivity index (χ0n) is 48.5. The van der Waals surface area contributed by atoms with E-state index in [0.29, 0.717) is 92.1 Å². The average molecular weight is 1330 g/mol. The van der Waals surface area contributed by atoms with Gasteiger partial charge in [0, 0.05) is 84.1 Å². The number of nitrogens with one attached hydrogen (secondary N) is 2. The third kappa shape index (κ3) is 10.8. The molecule has 0 saturated carbocycles. The normalized spacial score (nSPS) is 12.3. The summed E-state index contributed by atoms with van der Waals surface area (Å²) in [5, 5.41) is 8.24. The third-order valence-corrected chi connectivity index (χ3v) is 18.7. The number of hydrogen-bond donors (Lipinski definition) is 3. The van der Waals surface area contributed by atoms with Gasteiger partial charge >= 0.3 is 24.8 Å². The summed E-state index contributed by atoms with van der Waals surface area (Å²) in [5.41, 5.74) is 9.35. The second-order valence-corrected chi connectivity index (χ2v) is 25.9. The van der Waals surface area contributed by atoms with E-state index in [1.165, 1.54) is 76.7 Å². The molecule has 6 aromatic heterocycles. The number of halogens is 3. The number of thiol groups is 1. The van der Waals surface area contributed by atoms with E-state index in [-0.39, 0.29) is 33.8 Å².